The molecular weight excluding hydrogens is 318 g/mol. The number of hydrogen-bond acceptors (Lipinski definition) is 3. The van der Waals surface area contributed by atoms with Gasteiger partial charge < -0.3 is 16.0 Å². The molecule has 7 heteroatoms. The summed E-state index contributed by atoms with van der Waals surface area (Å²) in [5.41, 5.74) is 7.30. The van der Waals surface area contributed by atoms with Crippen molar-refractivity contribution in [3.8, 4) is 0 Å². The molecular formula is C18H25N5O2. The molecule has 0 aliphatic carbocycles. The Labute approximate surface area is 147 Å². The molecule has 1 heterocycles. The van der Waals surface area contributed by atoms with Gasteiger partial charge in [-0.3, -0.25) is 9.48 Å². The summed E-state index contributed by atoms with van der Waals surface area (Å²) in [5.74, 6) is -0.419. The molecule has 134 valence electrons. The van der Waals surface area contributed by atoms with E-state index < -0.39 is 5.91 Å². The van der Waals surface area contributed by atoms with Gasteiger partial charge in [0, 0.05) is 38.3 Å². The Kier molecular flexibility index (Phi) is 6.56. The monoisotopic (exact) mass is 343 g/mol. The third-order valence-corrected chi connectivity index (χ3v) is 3.99. The molecule has 25 heavy (non-hydrogen) atoms. The molecule has 2 rings (SSSR count). The van der Waals surface area contributed by atoms with Crippen LogP contribution in [0.3, 0.4) is 0 Å². The van der Waals surface area contributed by atoms with Crippen molar-refractivity contribution in [2.45, 2.75) is 25.8 Å². The summed E-state index contributed by atoms with van der Waals surface area (Å²) in [4.78, 5) is 25.3. The fraction of sp³-hybridized carbons (Fsp3) is 0.389. The Hall–Kier alpha value is -2.83. The first kappa shape index (κ1) is 18.5. The highest BCUT2D eigenvalue weighted by molar-refractivity contribution is 5.77. The number of aryl methyl sites for hydroxylation is 1. The van der Waals surface area contributed by atoms with Gasteiger partial charge in [-0.2, -0.15) is 5.10 Å². The number of carbonyl (C=O) groups is 2. The van der Waals surface area contributed by atoms with Crippen molar-refractivity contribution >= 4 is 11.9 Å². The standard InChI is InChI=1S/C18H25N5O2/c1-14(16-12-20-22(2)13-16)21-18(25)23(11-9-17(19)24)10-8-15-6-4-3-5-7-15/h3-7,12-14H,8-11H2,1-2H3,(H2,19,24)(H,21,25)/t14-/m1/s1. The highest BCUT2D eigenvalue weighted by Gasteiger charge is 2.18. The molecule has 0 fully saturated rings. The zero-order chi connectivity index (χ0) is 18.2. The number of rotatable bonds is 8. The Bertz CT molecular complexity index is 699. The number of nitrogens with two attached hydrogens (primary N) is 1. The fourth-order valence-corrected chi connectivity index (χ4v) is 2.49. The maximum absolute atomic E-state index is 12.6. The van der Waals surface area contributed by atoms with E-state index >= 15 is 0 Å². The minimum Gasteiger partial charge on any atom is -0.370 e. The van der Waals surface area contributed by atoms with Gasteiger partial charge in [0.1, 0.15) is 0 Å². The van der Waals surface area contributed by atoms with Crippen LogP contribution in [0.4, 0.5) is 4.79 Å². The van der Waals surface area contributed by atoms with E-state index in [2.05, 4.69) is 10.4 Å². The van der Waals surface area contributed by atoms with Crippen molar-refractivity contribution in [2.75, 3.05) is 13.1 Å². The third kappa shape index (κ3) is 5.95. The van der Waals surface area contributed by atoms with E-state index in [1.807, 2.05) is 50.5 Å². The second-order valence-corrected chi connectivity index (χ2v) is 6.06. The quantitative estimate of drug-likeness (QED) is 0.762. The summed E-state index contributed by atoms with van der Waals surface area (Å²) >= 11 is 0. The van der Waals surface area contributed by atoms with Crippen molar-refractivity contribution in [1.82, 2.24) is 20.0 Å². The van der Waals surface area contributed by atoms with Gasteiger partial charge in [-0.25, -0.2) is 4.79 Å². The molecule has 0 saturated heterocycles. The van der Waals surface area contributed by atoms with E-state index in [0.717, 1.165) is 11.1 Å². The van der Waals surface area contributed by atoms with Crippen molar-refractivity contribution < 1.29 is 9.59 Å². The topological polar surface area (TPSA) is 93.2 Å². The van der Waals surface area contributed by atoms with E-state index in [0.29, 0.717) is 19.5 Å². The van der Waals surface area contributed by atoms with Gasteiger partial charge in [-0.15, -0.1) is 0 Å². The zero-order valence-corrected chi connectivity index (χ0v) is 14.7. The van der Waals surface area contributed by atoms with Crippen LogP contribution in [0.5, 0.6) is 0 Å². The van der Waals surface area contributed by atoms with Gasteiger partial charge in [0.05, 0.1) is 12.2 Å². The van der Waals surface area contributed by atoms with Crippen LogP contribution in [-0.4, -0.2) is 39.7 Å². The molecule has 1 aromatic heterocycles. The number of urea groups is 1. The predicted octanol–water partition coefficient (Wildman–Crippen LogP) is 1.61. The van der Waals surface area contributed by atoms with Crippen LogP contribution in [0, 0.1) is 0 Å². The SMILES string of the molecule is C[C@@H](NC(=O)N(CCC(N)=O)CCc1ccccc1)c1cnn(C)c1. The Morgan fingerprint density at radius 3 is 2.60 bits per heavy atom. The van der Waals surface area contributed by atoms with Crippen LogP contribution >= 0.6 is 0 Å². The van der Waals surface area contributed by atoms with Crippen LogP contribution < -0.4 is 11.1 Å². The number of carbonyl (C=O) groups excluding carboxylic acids is 2. The normalized spacial score (nSPS) is 11.8. The van der Waals surface area contributed by atoms with Crippen molar-refractivity contribution in [2.24, 2.45) is 12.8 Å². The summed E-state index contributed by atoms with van der Waals surface area (Å²) in [6.07, 6.45) is 4.45. The maximum atomic E-state index is 12.6. The lowest BCUT2D eigenvalue weighted by molar-refractivity contribution is -0.118. The largest absolute Gasteiger partial charge is 0.370 e. The number of benzene rings is 1. The minimum atomic E-state index is -0.419. The second-order valence-electron chi connectivity index (χ2n) is 6.06. The first-order valence-corrected chi connectivity index (χ1v) is 8.32. The van der Waals surface area contributed by atoms with Gasteiger partial charge in [0.25, 0.3) is 0 Å². The number of nitrogens with one attached hydrogen (secondary N) is 1. The average molecular weight is 343 g/mol. The van der Waals surface area contributed by atoms with Gasteiger partial charge in [0.15, 0.2) is 0 Å². The Morgan fingerprint density at radius 2 is 2.00 bits per heavy atom. The lowest BCUT2D eigenvalue weighted by atomic mass is 10.1. The molecule has 0 bridgehead atoms. The lowest BCUT2D eigenvalue weighted by Crippen LogP contribution is -2.43. The first-order valence-electron chi connectivity index (χ1n) is 8.32. The average Bonchev–Trinajstić information content (AvgIpc) is 3.02. The molecule has 1 aromatic carbocycles. The molecule has 1 atom stereocenters. The summed E-state index contributed by atoms with van der Waals surface area (Å²) in [5, 5.41) is 7.07. The van der Waals surface area contributed by atoms with Crippen molar-refractivity contribution in [1.29, 1.82) is 0 Å². The Balaban J connectivity index is 1.97. The number of aromatic nitrogens is 2. The van der Waals surface area contributed by atoms with Crippen LogP contribution in [0.25, 0.3) is 0 Å². The molecule has 0 radical (unpaired) electrons. The molecule has 0 aliphatic rings. The lowest BCUT2D eigenvalue weighted by Gasteiger charge is -2.24. The van der Waals surface area contributed by atoms with E-state index in [-0.39, 0.29) is 18.5 Å². The van der Waals surface area contributed by atoms with Gasteiger partial charge in [-0.1, -0.05) is 30.3 Å². The van der Waals surface area contributed by atoms with E-state index in [1.54, 1.807) is 15.8 Å². The third-order valence-electron chi connectivity index (χ3n) is 3.99. The number of nitrogens with zero attached hydrogens (tertiary/aromatic N) is 3. The van der Waals surface area contributed by atoms with Crippen LogP contribution in [0.2, 0.25) is 0 Å². The summed E-state index contributed by atoms with van der Waals surface area (Å²) < 4.78 is 1.69. The molecule has 3 N–H and O–H groups in total. The summed E-state index contributed by atoms with van der Waals surface area (Å²) in [6, 6.07) is 9.53. The molecule has 0 saturated carbocycles. The summed E-state index contributed by atoms with van der Waals surface area (Å²) in [6.45, 7) is 2.72. The first-order chi connectivity index (χ1) is 12.0. The van der Waals surface area contributed by atoms with Crippen molar-refractivity contribution in [3.05, 3.63) is 53.9 Å². The number of primary amides is 1. The Morgan fingerprint density at radius 1 is 1.28 bits per heavy atom. The van der Waals surface area contributed by atoms with Crippen LogP contribution in [-0.2, 0) is 18.3 Å². The predicted molar refractivity (Wildman–Crippen MR) is 95.7 cm³/mol. The van der Waals surface area contributed by atoms with E-state index in [9.17, 15) is 9.59 Å². The number of amides is 3. The van der Waals surface area contributed by atoms with Crippen molar-refractivity contribution in [3.63, 3.8) is 0 Å². The van der Waals surface area contributed by atoms with Gasteiger partial charge in [0.2, 0.25) is 5.91 Å². The summed E-state index contributed by atoms with van der Waals surface area (Å²) in [7, 11) is 1.83. The van der Waals surface area contributed by atoms with Gasteiger partial charge in [-0.05, 0) is 18.9 Å². The van der Waals surface area contributed by atoms with Gasteiger partial charge >= 0.3 is 6.03 Å². The fourth-order valence-electron chi connectivity index (χ4n) is 2.49. The smallest absolute Gasteiger partial charge is 0.317 e. The maximum Gasteiger partial charge on any atom is 0.317 e. The zero-order valence-electron chi connectivity index (χ0n) is 14.7. The minimum absolute atomic E-state index is 0.142. The van der Waals surface area contributed by atoms with Crippen LogP contribution in [0.15, 0.2) is 42.7 Å². The molecule has 3 amide bonds. The molecule has 2 aromatic rings. The highest BCUT2D eigenvalue weighted by Crippen LogP contribution is 2.11. The van der Waals surface area contributed by atoms with E-state index in [1.165, 1.54) is 0 Å². The highest BCUT2D eigenvalue weighted by atomic mass is 16.2. The molecule has 7 nitrogen and oxygen atoms in total. The number of hydrogen-bond donors (Lipinski definition) is 2. The second kappa shape index (κ2) is 8.86. The molecule has 0 spiro atoms. The van der Waals surface area contributed by atoms with Crippen LogP contribution in [0.1, 0.15) is 30.5 Å². The molecule has 0 aliphatic heterocycles. The van der Waals surface area contributed by atoms with E-state index in [4.69, 9.17) is 5.73 Å². The molecule has 0 unspecified atom stereocenters.